The van der Waals surface area contributed by atoms with Crippen LogP contribution in [0.2, 0.25) is 0 Å². The largest absolute Gasteiger partial charge is 0.365 e. The molecule has 2 rings (SSSR count). The van der Waals surface area contributed by atoms with E-state index >= 15 is 0 Å². The topological polar surface area (TPSA) is 29.3 Å². The molecule has 2 N–H and O–H groups in total. The van der Waals surface area contributed by atoms with Crippen molar-refractivity contribution >= 4 is 5.69 Å². The van der Waals surface area contributed by atoms with E-state index in [0.29, 0.717) is 0 Å². The summed E-state index contributed by atoms with van der Waals surface area (Å²) in [5.74, 6) is 0. The van der Waals surface area contributed by atoms with Gasteiger partial charge in [0.2, 0.25) is 0 Å². The number of benzene rings is 1. The van der Waals surface area contributed by atoms with E-state index in [0.717, 1.165) is 19.4 Å². The molecule has 1 fully saturated rings. The lowest BCUT2D eigenvalue weighted by Crippen LogP contribution is -2.48. The zero-order valence-corrected chi connectivity index (χ0v) is 10.5. The molecule has 0 aromatic heterocycles. The van der Waals surface area contributed by atoms with E-state index in [2.05, 4.69) is 49.9 Å². The molecule has 1 saturated heterocycles. The van der Waals surface area contributed by atoms with Gasteiger partial charge in [0.25, 0.3) is 0 Å². The van der Waals surface area contributed by atoms with Crippen molar-refractivity contribution in [3.63, 3.8) is 0 Å². The van der Waals surface area contributed by atoms with Crippen LogP contribution in [0.5, 0.6) is 0 Å². The average molecular weight is 218 g/mol. The van der Waals surface area contributed by atoms with E-state index in [9.17, 15) is 0 Å². The highest BCUT2D eigenvalue weighted by atomic mass is 15.2. The summed E-state index contributed by atoms with van der Waals surface area (Å²) in [5.41, 5.74) is 8.93. The van der Waals surface area contributed by atoms with Gasteiger partial charge in [0.05, 0.1) is 0 Å². The van der Waals surface area contributed by atoms with Crippen molar-refractivity contribution in [2.24, 2.45) is 5.73 Å². The van der Waals surface area contributed by atoms with E-state index in [1.165, 1.54) is 11.3 Å². The Kier molecular flexibility index (Phi) is 2.94. The van der Waals surface area contributed by atoms with E-state index in [1.54, 1.807) is 0 Å². The Morgan fingerprint density at radius 2 is 1.94 bits per heavy atom. The van der Waals surface area contributed by atoms with Gasteiger partial charge in [-0.3, -0.25) is 0 Å². The fourth-order valence-electron chi connectivity index (χ4n) is 2.48. The third-order valence-electron chi connectivity index (χ3n) is 3.92. The molecule has 1 aromatic carbocycles. The minimum atomic E-state index is 0.0771. The molecule has 1 aliphatic rings. The minimum Gasteiger partial charge on any atom is -0.365 e. The number of anilines is 1. The second-order valence-corrected chi connectivity index (χ2v) is 5.22. The smallest absolute Gasteiger partial charge is 0.0497 e. The molecule has 2 nitrogen and oxygen atoms in total. The average Bonchev–Trinajstić information content (AvgIpc) is 2.54. The standard InChI is InChI=1S/C14H22N2/c1-4-11-5-7-12(8-6-11)16-10-9-13(15)14(16,2)3/h5-8,13H,4,9-10,15H2,1-3H3. The molecule has 88 valence electrons. The number of hydrogen-bond donors (Lipinski definition) is 1. The first-order valence-corrected chi connectivity index (χ1v) is 6.18. The number of nitrogens with zero attached hydrogens (tertiary/aromatic N) is 1. The number of hydrogen-bond acceptors (Lipinski definition) is 2. The van der Waals surface area contributed by atoms with Gasteiger partial charge in [-0.15, -0.1) is 0 Å². The first kappa shape index (κ1) is 11.5. The molecule has 1 unspecified atom stereocenters. The molecular weight excluding hydrogens is 196 g/mol. The molecule has 1 atom stereocenters. The third-order valence-corrected chi connectivity index (χ3v) is 3.92. The van der Waals surface area contributed by atoms with Gasteiger partial charge in [-0.1, -0.05) is 19.1 Å². The highest BCUT2D eigenvalue weighted by Crippen LogP contribution is 2.32. The molecule has 0 amide bonds. The predicted molar refractivity (Wildman–Crippen MR) is 69.8 cm³/mol. The van der Waals surface area contributed by atoms with Crippen LogP contribution >= 0.6 is 0 Å². The van der Waals surface area contributed by atoms with Crippen molar-refractivity contribution in [1.82, 2.24) is 0 Å². The Labute approximate surface area is 98.4 Å². The molecule has 0 aliphatic carbocycles. The van der Waals surface area contributed by atoms with Crippen molar-refractivity contribution in [1.29, 1.82) is 0 Å². The van der Waals surface area contributed by atoms with Gasteiger partial charge in [-0.2, -0.15) is 0 Å². The first-order valence-electron chi connectivity index (χ1n) is 6.18. The summed E-state index contributed by atoms with van der Waals surface area (Å²) in [6.07, 6.45) is 2.19. The van der Waals surface area contributed by atoms with Crippen LogP contribution in [0.4, 0.5) is 5.69 Å². The van der Waals surface area contributed by atoms with Crippen LogP contribution in [0, 0.1) is 0 Å². The van der Waals surface area contributed by atoms with E-state index in [4.69, 9.17) is 5.73 Å². The summed E-state index contributed by atoms with van der Waals surface area (Å²) < 4.78 is 0. The Morgan fingerprint density at radius 1 is 1.31 bits per heavy atom. The quantitative estimate of drug-likeness (QED) is 0.826. The number of rotatable bonds is 2. The second-order valence-electron chi connectivity index (χ2n) is 5.22. The number of nitrogens with two attached hydrogens (primary N) is 1. The lowest BCUT2D eigenvalue weighted by atomic mass is 9.96. The Morgan fingerprint density at radius 3 is 2.38 bits per heavy atom. The fourth-order valence-corrected chi connectivity index (χ4v) is 2.48. The van der Waals surface area contributed by atoms with Crippen molar-refractivity contribution in [2.45, 2.75) is 45.2 Å². The van der Waals surface area contributed by atoms with Gasteiger partial charge in [0.1, 0.15) is 0 Å². The Bertz CT molecular complexity index is 354. The monoisotopic (exact) mass is 218 g/mol. The van der Waals surface area contributed by atoms with Crippen LogP contribution in [0.15, 0.2) is 24.3 Å². The van der Waals surface area contributed by atoms with Gasteiger partial charge in [0.15, 0.2) is 0 Å². The Balaban J connectivity index is 2.24. The van der Waals surface area contributed by atoms with Crippen LogP contribution in [0.25, 0.3) is 0 Å². The predicted octanol–water partition coefficient (Wildman–Crippen LogP) is 2.57. The minimum absolute atomic E-state index is 0.0771. The zero-order chi connectivity index (χ0) is 11.8. The molecule has 0 spiro atoms. The second kappa shape index (κ2) is 4.10. The van der Waals surface area contributed by atoms with Crippen molar-refractivity contribution in [3.8, 4) is 0 Å². The van der Waals surface area contributed by atoms with Crippen LogP contribution in [0.3, 0.4) is 0 Å². The van der Waals surface area contributed by atoms with Gasteiger partial charge in [0, 0.05) is 23.8 Å². The lowest BCUT2D eigenvalue weighted by molar-refractivity contribution is 0.453. The molecular formula is C14H22N2. The normalized spacial score (nSPS) is 23.8. The van der Waals surface area contributed by atoms with Crippen LogP contribution in [-0.4, -0.2) is 18.1 Å². The molecule has 2 heteroatoms. The molecule has 16 heavy (non-hydrogen) atoms. The van der Waals surface area contributed by atoms with Crippen LogP contribution < -0.4 is 10.6 Å². The maximum Gasteiger partial charge on any atom is 0.0497 e. The van der Waals surface area contributed by atoms with Crippen LogP contribution in [0.1, 0.15) is 32.8 Å². The summed E-state index contributed by atoms with van der Waals surface area (Å²) in [7, 11) is 0. The molecule has 0 radical (unpaired) electrons. The number of aryl methyl sites for hydroxylation is 1. The van der Waals surface area contributed by atoms with E-state index in [1.807, 2.05) is 0 Å². The van der Waals surface area contributed by atoms with Gasteiger partial charge in [-0.05, 0) is 44.4 Å². The molecule has 1 aromatic rings. The highest BCUT2D eigenvalue weighted by Gasteiger charge is 2.38. The maximum absolute atomic E-state index is 6.15. The lowest BCUT2D eigenvalue weighted by Gasteiger charge is -2.36. The van der Waals surface area contributed by atoms with Gasteiger partial charge >= 0.3 is 0 Å². The third kappa shape index (κ3) is 1.82. The maximum atomic E-state index is 6.15. The van der Waals surface area contributed by atoms with Crippen molar-refractivity contribution < 1.29 is 0 Å². The summed E-state index contributed by atoms with van der Waals surface area (Å²) >= 11 is 0. The van der Waals surface area contributed by atoms with E-state index < -0.39 is 0 Å². The summed E-state index contributed by atoms with van der Waals surface area (Å²) in [5, 5.41) is 0. The highest BCUT2D eigenvalue weighted by molar-refractivity contribution is 5.51. The summed E-state index contributed by atoms with van der Waals surface area (Å²) in [4.78, 5) is 2.43. The Hall–Kier alpha value is -1.02. The summed E-state index contributed by atoms with van der Waals surface area (Å²) in [6.45, 7) is 7.72. The SMILES string of the molecule is CCc1ccc(N2CCC(N)C2(C)C)cc1. The fraction of sp³-hybridized carbons (Fsp3) is 0.571. The molecule has 0 bridgehead atoms. The van der Waals surface area contributed by atoms with E-state index in [-0.39, 0.29) is 11.6 Å². The zero-order valence-electron chi connectivity index (χ0n) is 10.5. The van der Waals surface area contributed by atoms with Gasteiger partial charge in [-0.25, -0.2) is 0 Å². The summed E-state index contributed by atoms with van der Waals surface area (Å²) in [6, 6.07) is 9.15. The molecule has 1 aliphatic heterocycles. The van der Waals surface area contributed by atoms with Crippen molar-refractivity contribution in [2.75, 3.05) is 11.4 Å². The first-order chi connectivity index (χ1) is 7.55. The van der Waals surface area contributed by atoms with Crippen molar-refractivity contribution in [3.05, 3.63) is 29.8 Å². The van der Waals surface area contributed by atoms with Gasteiger partial charge < -0.3 is 10.6 Å². The molecule has 0 saturated carbocycles. The van der Waals surface area contributed by atoms with Crippen LogP contribution in [-0.2, 0) is 6.42 Å². The molecule has 1 heterocycles.